The van der Waals surface area contributed by atoms with E-state index in [1.165, 1.54) is 0 Å². The van der Waals surface area contributed by atoms with Gasteiger partial charge in [0.25, 0.3) is 0 Å². The number of rotatable bonds is 2. The van der Waals surface area contributed by atoms with Crippen molar-refractivity contribution < 1.29 is 5.11 Å². The first kappa shape index (κ1) is 9.73. The Hall–Kier alpha value is -0.810. The molecule has 2 heterocycles. The molecule has 0 amide bonds. The van der Waals surface area contributed by atoms with Crippen LogP contribution in [0.15, 0.2) is 4.99 Å². The van der Waals surface area contributed by atoms with Crippen LogP contribution in [0.4, 0.5) is 0 Å². The molecule has 0 aromatic carbocycles. The minimum absolute atomic E-state index is 0.255. The molecular weight excluding hydrogens is 180 g/mol. The van der Waals surface area contributed by atoms with Crippen molar-refractivity contribution in [1.82, 2.24) is 15.5 Å². The molecule has 2 aliphatic heterocycles. The van der Waals surface area contributed by atoms with Crippen LogP contribution in [-0.2, 0) is 0 Å². The van der Waals surface area contributed by atoms with Gasteiger partial charge in [0.05, 0.1) is 6.54 Å². The van der Waals surface area contributed by atoms with Crippen molar-refractivity contribution in [3.05, 3.63) is 0 Å². The lowest BCUT2D eigenvalue weighted by Crippen LogP contribution is -2.55. The molecule has 0 spiro atoms. The van der Waals surface area contributed by atoms with Crippen LogP contribution in [0.25, 0.3) is 0 Å². The fraction of sp³-hybridized carbons (Fsp3) is 0.889. The summed E-state index contributed by atoms with van der Waals surface area (Å²) < 4.78 is 0. The molecule has 2 aliphatic rings. The molecule has 1 atom stereocenters. The zero-order valence-electron chi connectivity index (χ0n) is 8.37. The third-order valence-corrected chi connectivity index (χ3v) is 2.69. The van der Waals surface area contributed by atoms with Crippen LogP contribution in [0.3, 0.4) is 0 Å². The van der Waals surface area contributed by atoms with E-state index in [-0.39, 0.29) is 6.61 Å². The second-order valence-corrected chi connectivity index (χ2v) is 3.74. The predicted octanol–water partition coefficient (Wildman–Crippen LogP) is -1.40. The molecule has 0 radical (unpaired) electrons. The van der Waals surface area contributed by atoms with E-state index in [1.54, 1.807) is 0 Å². The minimum Gasteiger partial charge on any atom is -0.396 e. The van der Waals surface area contributed by atoms with Crippen molar-refractivity contribution in [3.8, 4) is 0 Å². The van der Waals surface area contributed by atoms with Gasteiger partial charge >= 0.3 is 0 Å². The van der Waals surface area contributed by atoms with Gasteiger partial charge in [-0.15, -0.1) is 0 Å². The van der Waals surface area contributed by atoms with E-state index in [9.17, 15) is 0 Å². The van der Waals surface area contributed by atoms with E-state index in [0.717, 1.165) is 45.1 Å². The summed E-state index contributed by atoms with van der Waals surface area (Å²) in [6.45, 7) is 5.05. The molecule has 0 saturated carbocycles. The summed E-state index contributed by atoms with van der Waals surface area (Å²) in [5.74, 6) is 1.04. The number of hydrogen-bond acceptors (Lipinski definition) is 5. The number of nitrogens with zero attached hydrogens (tertiary/aromatic N) is 2. The summed E-state index contributed by atoms with van der Waals surface area (Å²) in [5.41, 5.74) is 0. The van der Waals surface area contributed by atoms with Gasteiger partial charge in [-0.3, -0.25) is 4.99 Å². The maximum absolute atomic E-state index is 8.87. The van der Waals surface area contributed by atoms with E-state index >= 15 is 0 Å². The average molecular weight is 198 g/mol. The zero-order chi connectivity index (χ0) is 9.80. The Labute approximate surface area is 84.2 Å². The first-order chi connectivity index (χ1) is 6.90. The van der Waals surface area contributed by atoms with Gasteiger partial charge in [-0.25, -0.2) is 0 Å². The molecule has 0 aliphatic carbocycles. The van der Waals surface area contributed by atoms with Crippen LogP contribution >= 0.6 is 0 Å². The summed E-state index contributed by atoms with van der Waals surface area (Å²) in [6, 6.07) is 0.402. The fourth-order valence-electron chi connectivity index (χ4n) is 1.96. The molecule has 1 unspecified atom stereocenters. The molecule has 3 N–H and O–H groups in total. The van der Waals surface area contributed by atoms with Gasteiger partial charge in [-0.2, -0.15) is 0 Å². The predicted molar refractivity (Wildman–Crippen MR) is 55.4 cm³/mol. The highest BCUT2D eigenvalue weighted by molar-refractivity contribution is 5.81. The Bertz CT molecular complexity index is 217. The van der Waals surface area contributed by atoms with E-state index in [0.29, 0.717) is 6.04 Å². The largest absolute Gasteiger partial charge is 0.396 e. The van der Waals surface area contributed by atoms with Crippen LogP contribution in [0.2, 0.25) is 0 Å². The number of hydrogen-bond donors (Lipinski definition) is 3. The van der Waals surface area contributed by atoms with Gasteiger partial charge in [0, 0.05) is 38.8 Å². The lowest BCUT2D eigenvalue weighted by molar-refractivity contribution is 0.221. The van der Waals surface area contributed by atoms with Gasteiger partial charge in [0.1, 0.15) is 0 Å². The highest BCUT2D eigenvalue weighted by Gasteiger charge is 2.22. The quantitative estimate of drug-likeness (QED) is 0.511. The SMILES string of the molecule is OCCC1CN(C2=NCCN2)CCN1. The molecule has 5 nitrogen and oxygen atoms in total. The van der Waals surface area contributed by atoms with Gasteiger partial charge in [-0.1, -0.05) is 0 Å². The number of aliphatic hydroxyl groups is 1. The smallest absolute Gasteiger partial charge is 0.194 e. The van der Waals surface area contributed by atoms with Crippen LogP contribution in [0.5, 0.6) is 0 Å². The van der Waals surface area contributed by atoms with Gasteiger partial charge < -0.3 is 20.6 Å². The third kappa shape index (κ3) is 2.16. The molecule has 1 fully saturated rings. The van der Waals surface area contributed by atoms with Crippen molar-refractivity contribution in [3.63, 3.8) is 0 Å². The Morgan fingerprint density at radius 2 is 2.43 bits per heavy atom. The standard InChI is InChI=1S/C9H18N4O/c14-6-1-8-7-13(5-4-10-8)9-11-2-3-12-9/h8,10,14H,1-7H2,(H,11,12). The first-order valence-electron chi connectivity index (χ1n) is 5.27. The number of aliphatic hydroxyl groups excluding tert-OH is 1. The van der Waals surface area contributed by atoms with Gasteiger partial charge in [0.15, 0.2) is 5.96 Å². The maximum atomic E-state index is 8.87. The zero-order valence-corrected chi connectivity index (χ0v) is 8.37. The molecule has 0 bridgehead atoms. The van der Waals surface area contributed by atoms with E-state index in [4.69, 9.17) is 5.11 Å². The molecular formula is C9H18N4O. The van der Waals surface area contributed by atoms with Crippen molar-refractivity contribution in [2.24, 2.45) is 4.99 Å². The lowest BCUT2D eigenvalue weighted by Gasteiger charge is -2.34. The highest BCUT2D eigenvalue weighted by atomic mass is 16.3. The van der Waals surface area contributed by atoms with E-state index < -0.39 is 0 Å². The van der Waals surface area contributed by atoms with Crippen molar-refractivity contribution in [2.45, 2.75) is 12.5 Å². The lowest BCUT2D eigenvalue weighted by atomic mass is 10.1. The van der Waals surface area contributed by atoms with Crippen molar-refractivity contribution in [2.75, 3.05) is 39.3 Å². The topological polar surface area (TPSA) is 59.9 Å². The molecule has 80 valence electrons. The Morgan fingerprint density at radius 3 is 3.14 bits per heavy atom. The van der Waals surface area contributed by atoms with Crippen LogP contribution < -0.4 is 10.6 Å². The second-order valence-electron chi connectivity index (χ2n) is 3.74. The third-order valence-electron chi connectivity index (χ3n) is 2.69. The first-order valence-corrected chi connectivity index (χ1v) is 5.27. The molecule has 14 heavy (non-hydrogen) atoms. The Balaban J connectivity index is 1.86. The summed E-state index contributed by atoms with van der Waals surface area (Å²) in [6.07, 6.45) is 0.823. The van der Waals surface area contributed by atoms with Crippen LogP contribution in [0.1, 0.15) is 6.42 Å². The molecule has 0 aromatic rings. The van der Waals surface area contributed by atoms with Crippen LogP contribution in [-0.4, -0.2) is 61.3 Å². The van der Waals surface area contributed by atoms with Crippen molar-refractivity contribution in [1.29, 1.82) is 0 Å². The van der Waals surface area contributed by atoms with Gasteiger partial charge in [-0.05, 0) is 6.42 Å². The Morgan fingerprint density at radius 1 is 1.50 bits per heavy atom. The number of nitrogens with one attached hydrogen (secondary N) is 2. The average Bonchev–Trinajstić information content (AvgIpc) is 2.71. The van der Waals surface area contributed by atoms with Crippen LogP contribution in [0, 0.1) is 0 Å². The molecule has 0 aromatic heterocycles. The normalized spacial score (nSPS) is 27.4. The fourth-order valence-corrected chi connectivity index (χ4v) is 1.96. The summed E-state index contributed by atoms with van der Waals surface area (Å²) in [5, 5.41) is 15.5. The summed E-state index contributed by atoms with van der Waals surface area (Å²) in [7, 11) is 0. The van der Waals surface area contributed by atoms with Gasteiger partial charge in [0.2, 0.25) is 0 Å². The second kappa shape index (κ2) is 4.61. The summed E-state index contributed by atoms with van der Waals surface area (Å²) in [4.78, 5) is 6.66. The summed E-state index contributed by atoms with van der Waals surface area (Å²) >= 11 is 0. The molecule has 2 rings (SSSR count). The number of aliphatic imine (C=N–C) groups is 1. The van der Waals surface area contributed by atoms with E-state index in [2.05, 4.69) is 20.5 Å². The van der Waals surface area contributed by atoms with E-state index in [1.807, 2.05) is 0 Å². The minimum atomic E-state index is 0.255. The molecule has 1 saturated heterocycles. The number of guanidine groups is 1. The maximum Gasteiger partial charge on any atom is 0.194 e. The highest BCUT2D eigenvalue weighted by Crippen LogP contribution is 2.04. The van der Waals surface area contributed by atoms with Crippen molar-refractivity contribution >= 4 is 5.96 Å². The molecule has 5 heteroatoms. The monoisotopic (exact) mass is 198 g/mol. The Kier molecular flexibility index (Phi) is 3.21. The number of piperazine rings is 1.